The highest BCUT2D eigenvalue weighted by atomic mass is 16.3. The molecular weight excluding hydrogens is 689 g/mol. The van der Waals surface area contributed by atoms with Crippen LogP contribution in [0.1, 0.15) is 0 Å². The molecule has 0 saturated heterocycles. The van der Waals surface area contributed by atoms with E-state index in [1.165, 1.54) is 108 Å². The molecule has 262 valence electrons. The summed E-state index contributed by atoms with van der Waals surface area (Å²) < 4.78 is 6.31. The molecule has 0 atom stereocenters. The van der Waals surface area contributed by atoms with E-state index in [4.69, 9.17) is 4.42 Å². The molecular formula is C56H32O. The molecule has 1 nitrogen and oxygen atoms in total. The largest absolute Gasteiger partial charge is 0.456 e. The lowest BCUT2D eigenvalue weighted by molar-refractivity contribution is 0.669. The second-order valence-corrected chi connectivity index (χ2v) is 15.4. The van der Waals surface area contributed by atoms with Crippen molar-refractivity contribution < 1.29 is 4.42 Å². The molecule has 0 saturated carbocycles. The number of hydrogen-bond donors (Lipinski definition) is 0. The first kappa shape index (κ1) is 30.8. The van der Waals surface area contributed by atoms with Gasteiger partial charge in [0.2, 0.25) is 0 Å². The average molecular weight is 721 g/mol. The third-order valence-corrected chi connectivity index (χ3v) is 12.6. The van der Waals surface area contributed by atoms with E-state index in [9.17, 15) is 0 Å². The van der Waals surface area contributed by atoms with Crippen LogP contribution in [-0.4, -0.2) is 0 Å². The van der Waals surface area contributed by atoms with Crippen molar-refractivity contribution >= 4 is 108 Å². The van der Waals surface area contributed by atoms with Crippen molar-refractivity contribution in [2.75, 3.05) is 0 Å². The maximum Gasteiger partial charge on any atom is 0.135 e. The van der Waals surface area contributed by atoms with E-state index < -0.39 is 0 Å². The Labute approximate surface area is 327 Å². The number of rotatable bonds is 2. The van der Waals surface area contributed by atoms with E-state index in [-0.39, 0.29) is 0 Å². The minimum Gasteiger partial charge on any atom is -0.456 e. The summed E-state index contributed by atoms with van der Waals surface area (Å²) in [5, 5.41) is 22.6. The maximum atomic E-state index is 6.31. The zero-order valence-electron chi connectivity index (χ0n) is 30.9. The molecule has 0 aliphatic carbocycles. The Hall–Kier alpha value is -7.48. The van der Waals surface area contributed by atoms with Gasteiger partial charge in [-0.25, -0.2) is 0 Å². The third-order valence-electron chi connectivity index (χ3n) is 12.6. The van der Waals surface area contributed by atoms with Gasteiger partial charge in [-0.2, -0.15) is 0 Å². The molecule has 1 heterocycles. The van der Waals surface area contributed by atoms with Crippen LogP contribution >= 0.6 is 0 Å². The second kappa shape index (κ2) is 11.5. The molecule has 1 heteroatoms. The van der Waals surface area contributed by atoms with Crippen LogP contribution in [0.4, 0.5) is 0 Å². The van der Waals surface area contributed by atoms with Gasteiger partial charge in [0.1, 0.15) is 11.2 Å². The van der Waals surface area contributed by atoms with Gasteiger partial charge in [0.15, 0.2) is 0 Å². The summed E-state index contributed by atoms with van der Waals surface area (Å²) >= 11 is 0. The van der Waals surface area contributed by atoms with Gasteiger partial charge in [-0.15, -0.1) is 0 Å². The fraction of sp³-hybridized carbons (Fsp3) is 0. The first-order valence-electron chi connectivity index (χ1n) is 19.8. The van der Waals surface area contributed by atoms with Crippen molar-refractivity contribution in [1.29, 1.82) is 0 Å². The van der Waals surface area contributed by atoms with E-state index in [2.05, 4.69) is 188 Å². The fourth-order valence-electron chi connectivity index (χ4n) is 10.3. The third kappa shape index (κ3) is 4.18. The van der Waals surface area contributed by atoms with Gasteiger partial charge >= 0.3 is 0 Å². The highest BCUT2D eigenvalue weighted by Gasteiger charge is 2.25. The number of para-hydroxylation sites is 1. The summed E-state index contributed by atoms with van der Waals surface area (Å²) in [7, 11) is 0. The lowest BCUT2D eigenvalue weighted by Gasteiger charge is -2.23. The molecule has 0 fully saturated rings. The zero-order chi connectivity index (χ0) is 37.2. The van der Waals surface area contributed by atoms with Gasteiger partial charge < -0.3 is 4.42 Å². The van der Waals surface area contributed by atoms with E-state index in [0.717, 1.165) is 21.9 Å². The van der Waals surface area contributed by atoms with Gasteiger partial charge in [-0.1, -0.05) is 170 Å². The number of hydrogen-bond acceptors (Lipinski definition) is 1. The zero-order valence-corrected chi connectivity index (χ0v) is 30.9. The number of benzene rings is 12. The molecule has 0 spiro atoms. The van der Waals surface area contributed by atoms with Crippen LogP contribution in [0.25, 0.3) is 130 Å². The molecule has 0 N–H and O–H groups in total. The van der Waals surface area contributed by atoms with Gasteiger partial charge in [0.25, 0.3) is 0 Å². The quantitative estimate of drug-likeness (QED) is 0.128. The molecule has 1 aromatic heterocycles. The molecule has 0 aliphatic heterocycles. The smallest absolute Gasteiger partial charge is 0.135 e. The Bertz CT molecular complexity index is 3670. The minimum atomic E-state index is 0.908. The van der Waals surface area contributed by atoms with Crippen molar-refractivity contribution in [3.8, 4) is 22.3 Å². The lowest BCUT2D eigenvalue weighted by Crippen LogP contribution is -1.95. The second-order valence-electron chi connectivity index (χ2n) is 15.4. The average Bonchev–Trinajstić information content (AvgIpc) is 3.66. The number of furan rings is 1. The maximum absolute atomic E-state index is 6.31. The van der Waals surface area contributed by atoms with Crippen LogP contribution in [0.15, 0.2) is 199 Å². The van der Waals surface area contributed by atoms with Crippen molar-refractivity contribution in [1.82, 2.24) is 0 Å². The van der Waals surface area contributed by atoms with E-state index in [1.54, 1.807) is 0 Å². The van der Waals surface area contributed by atoms with Gasteiger partial charge in [0, 0.05) is 10.8 Å². The summed E-state index contributed by atoms with van der Waals surface area (Å²) in [6.07, 6.45) is 0. The van der Waals surface area contributed by atoms with Crippen molar-refractivity contribution in [2.45, 2.75) is 0 Å². The highest BCUT2D eigenvalue weighted by Crippen LogP contribution is 2.53. The van der Waals surface area contributed by atoms with Gasteiger partial charge in [-0.05, 0) is 133 Å². The normalized spacial score (nSPS) is 12.2. The molecule has 0 bridgehead atoms. The van der Waals surface area contributed by atoms with Crippen LogP contribution in [0.5, 0.6) is 0 Å². The van der Waals surface area contributed by atoms with Crippen LogP contribution in [0.2, 0.25) is 0 Å². The monoisotopic (exact) mass is 720 g/mol. The topological polar surface area (TPSA) is 13.1 Å². The molecule has 0 radical (unpaired) electrons. The van der Waals surface area contributed by atoms with Gasteiger partial charge in [-0.3, -0.25) is 0 Å². The van der Waals surface area contributed by atoms with E-state index >= 15 is 0 Å². The number of fused-ring (bicyclic) bond motifs is 17. The van der Waals surface area contributed by atoms with E-state index in [1.807, 2.05) is 6.07 Å². The van der Waals surface area contributed by atoms with Gasteiger partial charge in [0.05, 0.1) is 0 Å². The molecule has 0 aliphatic rings. The first-order chi connectivity index (χ1) is 28.3. The van der Waals surface area contributed by atoms with Crippen LogP contribution in [-0.2, 0) is 0 Å². The van der Waals surface area contributed by atoms with Crippen LogP contribution < -0.4 is 0 Å². The summed E-state index contributed by atoms with van der Waals surface area (Å²) in [6.45, 7) is 0. The predicted molar refractivity (Wildman–Crippen MR) is 245 cm³/mol. The Kier molecular flexibility index (Phi) is 6.23. The van der Waals surface area contributed by atoms with Crippen molar-refractivity contribution in [2.24, 2.45) is 0 Å². The van der Waals surface area contributed by atoms with Crippen molar-refractivity contribution in [3.63, 3.8) is 0 Å². The molecule has 0 amide bonds. The summed E-state index contributed by atoms with van der Waals surface area (Å²) in [4.78, 5) is 0. The summed E-state index contributed by atoms with van der Waals surface area (Å²) in [6, 6.07) is 71.8. The molecule has 12 aromatic carbocycles. The Morgan fingerprint density at radius 1 is 0.211 bits per heavy atom. The van der Waals surface area contributed by atoms with Crippen molar-refractivity contribution in [3.05, 3.63) is 194 Å². The first-order valence-corrected chi connectivity index (χ1v) is 19.8. The Balaban J connectivity index is 1.30. The lowest BCUT2D eigenvalue weighted by atomic mass is 9.79. The molecule has 13 aromatic rings. The minimum absolute atomic E-state index is 0.908. The molecule has 0 unspecified atom stereocenters. The highest BCUT2D eigenvalue weighted by molar-refractivity contribution is 6.41. The Morgan fingerprint density at radius 2 is 0.561 bits per heavy atom. The van der Waals surface area contributed by atoms with Crippen LogP contribution in [0, 0.1) is 0 Å². The molecule has 57 heavy (non-hydrogen) atoms. The predicted octanol–water partition coefficient (Wildman–Crippen LogP) is 16.1. The Morgan fingerprint density at radius 3 is 1.05 bits per heavy atom. The standard InChI is InChI=1S/C56H32O/c1-3-19-38-34(15-1)36-17-5-7-22-41(36)54-48(38)32-49-39-20-4-2-16-35(39)37-18-6-8-23-42(37)55(49)56(54)53-45-26-11-9-24-43(45)52(44-25-10-12-27-46(44)53)33-29-30-51-47(31-33)40-21-13-14-28-50(40)57-51/h1-32H. The van der Waals surface area contributed by atoms with E-state index in [0.29, 0.717) is 0 Å². The van der Waals surface area contributed by atoms with Crippen LogP contribution in [0.3, 0.4) is 0 Å². The summed E-state index contributed by atoms with van der Waals surface area (Å²) in [5.74, 6) is 0. The molecule has 13 rings (SSSR count). The summed E-state index contributed by atoms with van der Waals surface area (Å²) in [5.41, 5.74) is 6.82. The fourth-order valence-corrected chi connectivity index (χ4v) is 10.3. The SMILES string of the molecule is c1ccc2c(c1)oc1ccc(-c3c4ccccc4c(-c4c5c6ccccc6c6ccccc6c5cc5c6ccccc6c6ccccc6c45)c4ccccc34)cc12.